The number of aromatic amines is 1. The van der Waals surface area contributed by atoms with Gasteiger partial charge in [0.05, 0.1) is 21.7 Å². The fourth-order valence-electron chi connectivity index (χ4n) is 2.07. The van der Waals surface area contributed by atoms with Crippen molar-refractivity contribution in [3.05, 3.63) is 47.5 Å². The minimum Gasteiger partial charge on any atom is -0.333 e. The summed E-state index contributed by atoms with van der Waals surface area (Å²) in [4.78, 5) is 19.2. The molecule has 3 rings (SSSR count). The summed E-state index contributed by atoms with van der Waals surface area (Å²) in [6.07, 6.45) is 0. The van der Waals surface area contributed by atoms with Gasteiger partial charge in [0, 0.05) is 10.7 Å². The molecule has 0 saturated carbocycles. The lowest BCUT2D eigenvalue weighted by Gasteiger charge is -2.04. The minimum atomic E-state index is -3.78. The summed E-state index contributed by atoms with van der Waals surface area (Å²) < 4.78 is 22.7. The number of hydrogen-bond donors (Lipinski definition) is 3. The number of thioether (sulfide) groups is 1. The topological polar surface area (TPSA) is 118 Å². The Morgan fingerprint density at radius 1 is 1.24 bits per heavy atom. The number of imidazole rings is 1. The molecular weight excluding hydrogens is 384 g/mol. The van der Waals surface area contributed by atoms with Gasteiger partial charge in [0.1, 0.15) is 0 Å². The number of anilines is 1. The number of sulfonamides is 1. The third kappa shape index (κ3) is 4.51. The highest BCUT2D eigenvalue weighted by atomic mass is 35.5. The molecule has 0 saturated heterocycles. The number of carbonyl (C=O) groups is 1. The first-order valence-electron chi connectivity index (χ1n) is 7.02. The summed E-state index contributed by atoms with van der Waals surface area (Å²) in [5.74, 6) is -0.0529. The Morgan fingerprint density at radius 2 is 1.96 bits per heavy atom. The molecule has 0 fully saturated rings. The molecule has 1 aromatic heterocycles. The van der Waals surface area contributed by atoms with E-state index < -0.39 is 10.0 Å². The zero-order chi connectivity index (χ0) is 18.0. The summed E-state index contributed by atoms with van der Waals surface area (Å²) in [5, 5.41) is 8.95. The van der Waals surface area contributed by atoms with E-state index in [2.05, 4.69) is 15.3 Å². The number of nitrogens with zero attached hydrogens (tertiary/aromatic N) is 1. The van der Waals surface area contributed by atoms with Gasteiger partial charge in [-0.3, -0.25) is 4.79 Å². The largest absolute Gasteiger partial charge is 0.333 e. The smallest absolute Gasteiger partial charge is 0.238 e. The second-order valence-electron chi connectivity index (χ2n) is 5.11. The van der Waals surface area contributed by atoms with Crippen molar-refractivity contribution in [3.8, 4) is 0 Å². The number of aromatic nitrogens is 2. The van der Waals surface area contributed by atoms with Gasteiger partial charge in [-0.1, -0.05) is 23.4 Å². The van der Waals surface area contributed by atoms with Gasteiger partial charge in [-0.05, 0) is 42.5 Å². The van der Waals surface area contributed by atoms with Crippen LogP contribution in [0.5, 0.6) is 0 Å². The van der Waals surface area contributed by atoms with Crippen molar-refractivity contribution in [3.63, 3.8) is 0 Å². The molecule has 1 heterocycles. The molecular formula is C15H13ClN4O3S2. The van der Waals surface area contributed by atoms with E-state index in [1.54, 1.807) is 30.3 Å². The lowest BCUT2D eigenvalue weighted by Crippen LogP contribution is -2.13. The maximum Gasteiger partial charge on any atom is 0.238 e. The van der Waals surface area contributed by atoms with E-state index in [0.717, 1.165) is 0 Å². The molecule has 1 amide bonds. The minimum absolute atomic E-state index is 0.000631. The van der Waals surface area contributed by atoms with Crippen LogP contribution in [0.4, 0.5) is 5.69 Å². The van der Waals surface area contributed by atoms with Gasteiger partial charge in [-0.25, -0.2) is 18.5 Å². The van der Waals surface area contributed by atoms with Crippen molar-refractivity contribution in [2.75, 3.05) is 11.1 Å². The van der Waals surface area contributed by atoms with Gasteiger partial charge in [0.25, 0.3) is 0 Å². The molecule has 2 aromatic carbocycles. The lowest BCUT2D eigenvalue weighted by atomic mass is 10.3. The van der Waals surface area contributed by atoms with Crippen molar-refractivity contribution in [2.24, 2.45) is 5.14 Å². The quantitative estimate of drug-likeness (QED) is 0.573. The maximum atomic E-state index is 12.0. The predicted octanol–water partition coefficient (Wildman–Crippen LogP) is 2.59. The van der Waals surface area contributed by atoms with Crippen LogP contribution < -0.4 is 10.5 Å². The van der Waals surface area contributed by atoms with Gasteiger partial charge in [0.2, 0.25) is 15.9 Å². The molecule has 130 valence electrons. The number of nitrogens with one attached hydrogen (secondary N) is 2. The molecule has 0 aliphatic carbocycles. The standard InChI is InChI=1S/C15H13ClN4O3S2/c16-9-1-3-10(4-2-9)18-14(21)8-24-15-19-12-6-5-11(25(17,22)23)7-13(12)20-15/h1-7H,8H2,(H,18,21)(H,19,20)(H2,17,22,23). The maximum absolute atomic E-state index is 12.0. The summed E-state index contributed by atoms with van der Waals surface area (Å²) in [6.45, 7) is 0. The molecule has 25 heavy (non-hydrogen) atoms. The first kappa shape index (κ1) is 17.7. The highest BCUT2D eigenvalue weighted by molar-refractivity contribution is 7.99. The van der Waals surface area contributed by atoms with Gasteiger partial charge in [0.15, 0.2) is 5.16 Å². The Balaban J connectivity index is 1.66. The van der Waals surface area contributed by atoms with Crippen LogP contribution in [0.15, 0.2) is 52.5 Å². The summed E-state index contributed by atoms with van der Waals surface area (Å²) >= 11 is 7.00. The molecule has 0 radical (unpaired) electrons. The molecule has 10 heteroatoms. The third-order valence-corrected chi connectivity index (χ3v) is 5.26. The first-order chi connectivity index (χ1) is 11.8. The Kier molecular flexibility index (Phi) is 5.00. The van der Waals surface area contributed by atoms with Gasteiger partial charge in [-0.15, -0.1) is 0 Å². The van der Waals surface area contributed by atoms with E-state index in [-0.39, 0.29) is 16.6 Å². The SMILES string of the molecule is NS(=O)(=O)c1ccc2nc(SCC(=O)Nc3ccc(Cl)cc3)[nH]c2c1. The van der Waals surface area contributed by atoms with E-state index in [0.29, 0.717) is 26.9 Å². The highest BCUT2D eigenvalue weighted by Crippen LogP contribution is 2.22. The van der Waals surface area contributed by atoms with Gasteiger partial charge in [-0.2, -0.15) is 0 Å². The number of H-pyrrole nitrogens is 1. The normalized spacial score (nSPS) is 11.6. The van der Waals surface area contributed by atoms with Crippen molar-refractivity contribution < 1.29 is 13.2 Å². The third-order valence-electron chi connectivity index (χ3n) is 3.23. The molecule has 0 unspecified atom stereocenters. The van der Waals surface area contributed by atoms with Crippen molar-refractivity contribution in [1.29, 1.82) is 0 Å². The van der Waals surface area contributed by atoms with Crippen LogP contribution in [0, 0.1) is 0 Å². The Hall–Kier alpha value is -2.07. The number of nitrogens with two attached hydrogens (primary N) is 1. The van der Waals surface area contributed by atoms with Crippen LogP contribution in [0.1, 0.15) is 0 Å². The number of hydrogen-bond acceptors (Lipinski definition) is 5. The van der Waals surface area contributed by atoms with Crippen molar-refractivity contribution in [2.45, 2.75) is 10.1 Å². The van der Waals surface area contributed by atoms with Crippen LogP contribution in [-0.4, -0.2) is 30.0 Å². The fraction of sp³-hybridized carbons (Fsp3) is 0.0667. The molecule has 0 aliphatic heterocycles. The summed E-state index contributed by atoms with van der Waals surface area (Å²) in [6, 6.07) is 11.2. The predicted molar refractivity (Wildman–Crippen MR) is 98.3 cm³/mol. The van der Waals surface area contributed by atoms with E-state index in [1.807, 2.05) is 0 Å². The van der Waals surface area contributed by atoms with E-state index in [9.17, 15) is 13.2 Å². The number of rotatable bonds is 5. The Bertz CT molecular complexity index is 1030. The molecule has 0 bridgehead atoms. The molecule has 7 nitrogen and oxygen atoms in total. The van der Waals surface area contributed by atoms with Crippen molar-refractivity contribution >= 4 is 56.0 Å². The number of benzene rings is 2. The zero-order valence-corrected chi connectivity index (χ0v) is 15.1. The molecule has 0 atom stereocenters. The van der Waals surface area contributed by atoms with Crippen LogP contribution in [0.3, 0.4) is 0 Å². The van der Waals surface area contributed by atoms with E-state index in [1.165, 1.54) is 23.9 Å². The van der Waals surface area contributed by atoms with Crippen LogP contribution in [0.2, 0.25) is 5.02 Å². The van der Waals surface area contributed by atoms with Crippen LogP contribution >= 0.6 is 23.4 Å². The number of halogens is 1. The summed E-state index contributed by atoms with van der Waals surface area (Å²) in [5.41, 5.74) is 1.78. The van der Waals surface area contributed by atoms with Crippen LogP contribution in [-0.2, 0) is 14.8 Å². The van der Waals surface area contributed by atoms with Gasteiger partial charge < -0.3 is 10.3 Å². The average molecular weight is 397 g/mol. The van der Waals surface area contributed by atoms with Crippen LogP contribution in [0.25, 0.3) is 11.0 Å². The monoisotopic (exact) mass is 396 g/mol. The van der Waals surface area contributed by atoms with Crippen molar-refractivity contribution in [1.82, 2.24) is 9.97 Å². The highest BCUT2D eigenvalue weighted by Gasteiger charge is 2.12. The lowest BCUT2D eigenvalue weighted by molar-refractivity contribution is -0.113. The second-order valence-corrected chi connectivity index (χ2v) is 8.07. The zero-order valence-electron chi connectivity index (χ0n) is 12.7. The molecule has 0 aliphatic rings. The Labute approximate surface area is 153 Å². The molecule has 4 N–H and O–H groups in total. The summed E-state index contributed by atoms with van der Waals surface area (Å²) in [7, 11) is -3.78. The molecule has 3 aromatic rings. The number of fused-ring (bicyclic) bond motifs is 1. The van der Waals surface area contributed by atoms with E-state index >= 15 is 0 Å². The van der Waals surface area contributed by atoms with E-state index in [4.69, 9.17) is 16.7 Å². The number of amides is 1. The average Bonchev–Trinajstić information content (AvgIpc) is 2.96. The number of primary sulfonamides is 1. The molecule has 0 spiro atoms. The second kappa shape index (κ2) is 7.04. The number of carbonyl (C=O) groups excluding carboxylic acids is 1. The first-order valence-corrected chi connectivity index (χ1v) is 9.93. The van der Waals surface area contributed by atoms with Gasteiger partial charge >= 0.3 is 0 Å². The Morgan fingerprint density at radius 3 is 2.64 bits per heavy atom. The fourth-order valence-corrected chi connectivity index (χ4v) is 3.43.